The molecule has 21 heavy (non-hydrogen) atoms. The molecule has 2 nitrogen and oxygen atoms in total. The molecule has 116 valence electrons. The van der Waals surface area contributed by atoms with E-state index in [4.69, 9.17) is 0 Å². The van der Waals surface area contributed by atoms with Crippen LogP contribution in [0.1, 0.15) is 48.9 Å². The summed E-state index contributed by atoms with van der Waals surface area (Å²) in [6.07, 6.45) is 4.80. The van der Waals surface area contributed by atoms with Crippen LogP contribution in [0.3, 0.4) is 0 Å². The Balaban J connectivity index is 1.83. The third-order valence-corrected chi connectivity index (χ3v) is 5.17. The predicted octanol–water partition coefficient (Wildman–Crippen LogP) is 3.28. The minimum absolute atomic E-state index is 0.203. The van der Waals surface area contributed by atoms with Crippen molar-refractivity contribution in [3.05, 3.63) is 34.9 Å². The van der Waals surface area contributed by atoms with Gasteiger partial charge >= 0.3 is 0 Å². The van der Waals surface area contributed by atoms with Gasteiger partial charge < -0.3 is 5.11 Å². The van der Waals surface area contributed by atoms with Crippen molar-refractivity contribution in [3.8, 4) is 0 Å². The number of aliphatic hydroxyl groups is 1. The average Bonchev–Trinajstić information content (AvgIpc) is 2.52. The van der Waals surface area contributed by atoms with Gasteiger partial charge in [0.1, 0.15) is 0 Å². The lowest BCUT2D eigenvalue weighted by Gasteiger charge is -2.45. The van der Waals surface area contributed by atoms with Gasteiger partial charge in [-0.1, -0.05) is 31.5 Å². The first-order valence-electron chi connectivity index (χ1n) is 8.32. The van der Waals surface area contributed by atoms with Crippen molar-refractivity contribution in [2.45, 2.75) is 51.2 Å². The minimum atomic E-state index is -0.499. The quantitative estimate of drug-likeness (QED) is 0.920. The fourth-order valence-corrected chi connectivity index (χ4v) is 3.83. The summed E-state index contributed by atoms with van der Waals surface area (Å²) in [4.78, 5) is 2.38. The highest BCUT2D eigenvalue weighted by Gasteiger charge is 2.38. The summed E-state index contributed by atoms with van der Waals surface area (Å²) in [6.45, 7) is 3.50. The molecule has 2 heterocycles. The summed E-state index contributed by atoms with van der Waals surface area (Å²) in [6, 6.07) is 7.15. The Hall–Kier alpha value is -0.930. The Morgan fingerprint density at radius 3 is 3.00 bits per heavy atom. The molecule has 0 aromatic heterocycles. The number of unbranched alkanes of at least 4 members (excludes halogenated alkanes) is 1. The molecule has 2 aliphatic heterocycles. The van der Waals surface area contributed by atoms with Crippen LogP contribution >= 0.6 is 0 Å². The van der Waals surface area contributed by atoms with Crippen LogP contribution in [0.2, 0.25) is 0 Å². The number of aryl methyl sites for hydroxylation is 1. The number of rotatable bonds is 4. The van der Waals surface area contributed by atoms with Crippen LogP contribution < -0.4 is 0 Å². The minimum Gasteiger partial charge on any atom is -0.393 e. The molecule has 1 aromatic rings. The molecule has 3 atom stereocenters. The molecular formula is C18H26FNO. The number of hydrogen-bond donors (Lipinski definition) is 1. The van der Waals surface area contributed by atoms with Crippen LogP contribution in [0.25, 0.3) is 0 Å². The van der Waals surface area contributed by atoms with Gasteiger partial charge in [-0.15, -0.1) is 0 Å². The van der Waals surface area contributed by atoms with Gasteiger partial charge in [0.05, 0.1) is 12.8 Å². The summed E-state index contributed by atoms with van der Waals surface area (Å²) < 4.78 is 13.0. The largest absolute Gasteiger partial charge is 0.393 e. The molecule has 0 saturated carbocycles. The first-order valence-corrected chi connectivity index (χ1v) is 8.32. The number of hydrogen-bond acceptors (Lipinski definition) is 2. The number of benzene rings is 1. The molecule has 1 N–H and O–H groups in total. The average molecular weight is 290 g/mol. The van der Waals surface area contributed by atoms with Crippen molar-refractivity contribution >= 4 is 0 Å². The molecule has 1 fully saturated rings. The van der Waals surface area contributed by atoms with Gasteiger partial charge in [0.2, 0.25) is 0 Å². The normalized spacial score (nSPS) is 29.0. The van der Waals surface area contributed by atoms with Crippen LogP contribution in [0.5, 0.6) is 0 Å². The van der Waals surface area contributed by atoms with E-state index < -0.39 is 12.8 Å². The van der Waals surface area contributed by atoms with Gasteiger partial charge in [0.15, 0.2) is 0 Å². The fourth-order valence-electron chi connectivity index (χ4n) is 3.83. The zero-order chi connectivity index (χ0) is 14.8. The maximum Gasteiger partial charge on any atom is 0.0959 e. The zero-order valence-electron chi connectivity index (χ0n) is 12.9. The Morgan fingerprint density at radius 1 is 1.38 bits per heavy atom. The molecule has 0 bridgehead atoms. The predicted molar refractivity (Wildman–Crippen MR) is 83.2 cm³/mol. The summed E-state index contributed by atoms with van der Waals surface area (Å²) in [5.41, 5.74) is 4.20. The van der Waals surface area contributed by atoms with Gasteiger partial charge in [-0.05, 0) is 42.4 Å². The Kier molecular flexibility index (Phi) is 4.60. The number of piperidine rings is 1. The van der Waals surface area contributed by atoms with E-state index in [0.717, 1.165) is 19.4 Å². The number of fused-ring (bicyclic) bond motifs is 3. The van der Waals surface area contributed by atoms with Gasteiger partial charge in [-0.25, -0.2) is 0 Å². The van der Waals surface area contributed by atoms with E-state index in [1.54, 1.807) is 0 Å². The summed E-state index contributed by atoms with van der Waals surface area (Å²) in [5.74, 6) is -0.203. The number of nitrogens with zero attached hydrogens (tertiary/aromatic N) is 1. The van der Waals surface area contributed by atoms with E-state index in [-0.39, 0.29) is 12.0 Å². The van der Waals surface area contributed by atoms with Crippen molar-refractivity contribution < 1.29 is 9.50 Å². The van der Waals surface area contributed by atoms with Gasteiger partial charge in [-0.2, -0.15) is 0 Å². The van der Waals surface area contributed by atoms with E-state index in [9.17, 15) is 9.50 Å². The van der Waals surface area contributed by atoms with E-state index in [2.05, 4.69) is 30.0 Å². The molecule has 1 aromatic carbocycles. The van der Waals surface area contributed by atoms with Crippen molar-refractivity contribution in [2.75, 3.05) is 19.8 Å². The SMILES string of the molecule is CCCCc1ccc2c(c1)[C@H]1C[C@@H](O)[C@H](C[18F])CN1CC2. The van der Waals surface area contributed by atoms with E-state index in [1.165, 1.54) is 29.5 Å². The highest BCUT2D eigenvalue weighted by atomic mass is 18.2. The van der Waals surface area contributed by atoms with Crippen LogP contribution in [0.4, 0.5) is 4.39 Å². The highest BCUT2D eigenvalue weighted by molar-refractivity contribution is 5.37. The Labute approximate surface area is 127 Å². The van der Waals surface area contributed by atoms with Gasteiger partial charge in [0.25, 0.3) is 0 Å². The van der Waals surface area contributed by atoms with Crippen molar-refractivity contribution in [1.29, 1.82) is 0 Å². The lowest BCUT2D eigenvalue weighted by atomic mass is 9.81. The fraction of sp³-hybridized carbons (Fsp3) is 0.667. The molecule has 1 saturated heterocycles. The standard InChI is InChI=1S/C18H26FNO/c1-2-3-4-13-5-6-14-7-8-20-12-15(11-19)18(21)10-17(20)16(14)9-13/h5-6,9,15,17-18,21H,2-4,7-8,10-12H2,1H3/t15-,17-,18-/m1/s1/i19-1. The van der Waals surface area contributed by atoms with E-state index >= 15 is 0 Å². The first-order chi connectivity index (χ1) is 10.2. The summed E-state index contributed by atoms with van der Waals surface area (Å²) in [5, 5.41) is 10.2. The molecule has 0 radical (unpaired) electrons. The molecule has 0 unspecified atom stereocenters. The maximum absolute atomic E-state index is 13.0. The summed E-state index contributed by atoms with van der Waals surface area (Å²) in [7, 11) is 0. The van der Waals surface area contributed by atoms with Gasteiger partial charge in [-0.3, -0.25) is 9.29 Å². The van der Waals surface area contributed by atoms with Crippen LogP contribution in [-0.2, 0) is 12.8 Å². The Bertz CT molecular complexity index is 490. The smallest absolute Gasteiger partial charge is 0.0959 e. The van der Waals surface area contributed by atoms with Crippen LogP contribution in [-0.4, -0.2) is 35.9 Å². The van der Waals surface area contributed by atoms with Crippen molar-refractivity contribution in [2.24, 2.45) is 5.92 Å². The third-order valence-electron chi connectivity index (χ3n) is 5.17. The Morgan fingerprint density at radius 2 is 2.24 bits per heavy atom. The molecule has 0 amide bonds. The maximum atomic E-state index is 13.0. The highest BCUT2D eigenvalue weighted by Crippen LogP contribution is 2.39. The molecule has 2 aliphatic rings. The number of halogens is 1. The van der Waals surface area contributed by atoms with E-state index in [0.29, 0.717) is 13.0 Å². The topological polar surface area (TPSA) is 23.5 Å². The summed E-state index contributed by atoms with van der Waals surface area (Å²) >= 11 is 0. The lowest BCUT2D eigenvalue weighted by Crippen LogP contribution is -2.48. The first kappa shape index (κ1) is 15.0. The number of aliphatic hydroxyl groups excluding tert-OH is 1. The molecule has 0 aliphatic carbocycles. The third kappa shape index (κ3) is 3.00. The molecular weight excluding hydrogens is 264 g/mol. The van der Waals surface area contributed by atoms with Crippen LogP contribution in [0, 0.1) is 5.92 Å². The molecule has 3 heteroatoms. The molecule has 3 rings (SSSR count). The van der Waals surface area contributed by atoms with Crippen LogP contribution in [0.15, 0.2) is 18.2 Å². The zero-order valence-corrected chi connectivity index (χ0v) is 12.9. The van der Waals surface area contributed by atoms with Gasteiger partial charge in [0, 0.05) is 25.0 Å². The van der Waals surface area contributed by atoms with Crippen molar-refractivity contribution in [3.63, 3.8) is 0 Å². The number of alkyl halides is 1. The monoisotopic (exact) mass is 290 g/mol. The lowest BCUT2D eigenvalue weighted by molar-refractivity contribution is -0.0201. The second-order valence-corrected chi connectivity index (χ2v) is 6.61. The molecule has 0 spiro atoms. The van der Waals surface area contributed by atoms with E-state index in [1.807, 2.05) is 0 Å². The second kappa shape index (κ2) is 6.45. The van der Waals surface area contributed by atoms with Crippen molar-refractivity contribution in [1.82, 2.24) is 4.90 Å². The second-order valence-electron chi connectivity index (χ2n) is 6.61.